The topological polar surface area (TPSA) is 107 Å². The highest BCUT2D eigenvalue weighted by molar-refractivity contribution is 7.13. The van der Waals surface area contributed by atoms with Gasteiger partial charge in [-0.2, -0.15) is 0 Å². The Morgan fingerprint density at radius 2 is 2.05 bits per heavy atom. The number of amides is 1. The van der Waals surface area contributed by atoms with Crippen molar-refractivity contribution in [2.24, 2.45) is 0 Å². The number of carbonyl (C=O) groups is 1. The van der Waals surface area contributed by atoms with E-state index in [-0.39, 0.29) is 11.5 Å². The van der Waals surface area contributed by atoms with Crippen molar-refractivity contribution in [2.45, 2.75) is 0 Å². The monoisotopic (exact) mass is 287 g/mol. The highest BCUT2D eigenvalue weighted by Crippen LogP contribution is 2.23. The lowest BCUT2D eigenvalue weighted by Gasteiger charge is -2.03. The van der Waals surface area contributed by atoms with Crippen LogP contribution >= 0.6 is 11.3 Å². The SMILES string of the molecule is Nc1nonc1C(=O)Nc1ccc(-c2nccs2)cc1. The molecule has 0 atom stereocenters. The molecule has 0 saturated heterocycles. The summed E-state index contributed by atoms with van der Waals surface area (Å²) < 4.78 is 4.38. The van der Waals surface area contributed by atoms with Crippen LogP contribution in [0, 0.1) is 0 Å². The van der Waals surface area contributed by atoms with Crippen LogP contribution in [0.2, 0.25) is 0 Å². The number of nitrogens with one attached hydrogen (secondary N) is 1. The first kappa shape index (κ1) is 12.3. The quantitative estimate of drug-likeness (QED) is 0.763. The van der Waals surface area contributed by atoms with E-state index in [2.05, 4.69) is 25.2 Å². The zero-order valence-electron chi connectivity index (χ0n) is 10.1. The van der Waals surface area contributed by atoms with E-state index in [4.69, 9.17) is 5.73 Å². The van der Waals surface area contributed by atoms with E-state index in [1.54, 1.807) is 29.7 Å². The third-order valence-electron chi connectivity index (χ3n) is 2.55. The molecular formula is C12H9N5O2S. The number of hydrogen-bond acceptors (Lipinski definition) is 7. The molecule has 0 aliphatic heterocycles. The van der Waals surface area contributed by atoms with E-state index in [1.165, 1.54) is 0 Å². The molecule has 0 aliphatic rings. The molecule has 1 amide bonds. The first-order valence-electron chi connectivity index (χ1n) is 5.63. The molecule has 2 heterocycles. The number of benzene rings is 1. The number of nitrogen functional groups attached to an aromatic ring is 1. The molecule has 0 spiro atoms. The number of rotatable bonds is 3. The summed E-state index contributed by atoms with van der Waals surface area (Å²) in [5.41, 5.74) is 7.02. The van der Waals surface area contributed by atoms with Gasteiger partial charge in [-0.1, -0.05) is 0 Å². The van der Waals surface area contributed by atoms with Crippen LogP contribution in [0.5, 0.6) is 0 Å². The van der Waals surface area contributed by atoms with Crippen LogP contribution < -0.4 is 11.1 Å². The second-order valence-corrected chi connectivity index (χ2v) is 4.76. The van der Waals surface area contributed by atoms with Crippen molar-refractivity contribution in [3.8, 4) is 10.6 Å². The Hall–Kier alpha value is -2.74. The standard InChI is InChI=1S/C12H9N5O2S/c13-10-9(16-19-17-10)11(18)15-8-3-1-7(2-4-8)12-14-5-6-20-12/h1-6H,(H2,13,17)(H,15,18). The average Bonchev–Trinajstić information content (AvgIpc) is 3.10. The van der Waals surface area contributed by atoms with Gasteiger partial charge in [0.05, 0.1) is 0 Å². The van der Waals surface area contributed by atoms with Crippen molar-refractivity contribution < 1.29 is 9.42 Å². The fraction of sp³-hybridized carbons (Fsp3) is 0. The fourth-order valence-corrected chi connectivity index (χ4v) is 2.25. The van der Waals surface area contributed by atoms with E-state index in [0.29, 0.717) is 5.69 Å². The highest BCUT2D eigenvalue weighted by atomic mass is 32.1. The van der Waals surface area contributed by atoms with Gasteiger partial charge in [-0.3, -0.25) is 4.79 Å². The predicted molar refractivity (Wildman–Crippen MR) is 74.2 cm³/mol. The Balaban J connectivity index is 1.76. The molecule has 2 aromatic heterocycles. The zero-order valence-corrected chi connectivity index (χ0v) is 10.9. The summed E-state index contributed by atoms with van der Waals surface area (Å²) in [6, 6.07) is 7.30. The number of hydrogen-bond donors (Lipinski definition) is 2. The number of nitrogens with zero attached hydrogens (tertiary/aromatic N) is 3. The van der Waals surface area contributed by atoms with Gasteiger partial charge in [0.2, 0.25) is 11.5 Å². The van der Waals surface area contributed by atoms with Crippen molar-refractivity contribution in [3.63, 3.8) is 0 Å². The molecule has 0 fully saturated rings. The molecule has 100 valence electrons. The maximum Gasteiger partial charge on any atom is 0.281 e. The third kappa shape index (κ3) is 2.36. The maximum atomic E-state index is 11.8. The van der Waals surface area contributed by atoms with Gasteiger partial charge < -0.3 is 11.1 Å². The van der Waals surface area contributed by atoms with E-state index in [0.717, 1.165) is 10.6 Å². The van der Waals surface area contributed by atoms with Crippen LogP contribution in [0.15, 0.2) is 40.5 Å². The smallest absolute Gasteiger partial charge is 0.281 e. The van der Waals surface area contributed by atoms with Crippen LogP contribution in [0.25, 0.3) is 10.6 Å². The molecule has 3 N–H and O–H groups in total. The van der Waals surface area contributed by atoms with Crippen LogP contribution in [0.1, 0.15) is 10.5 Å². The zero-order chi connectivity index (χ0) is 13.9. The summed E-state index contributed by atoms with van der Waals surface area (Å²) in [6.07, 6.45) is 1.75. The Morgan fingerprint density at radius 1 is 1.25 bits per heavy atom. The van der Waals surface area contributed by atoms with E-state index >= 15 is 0 Å². The summed E-state index contributed by atoms with van der Waals surface area (Å²) in [6.45, 7) is 0. The normalized spacial score (nSPS) is 10.4. The third-order valence-corrected chi connectivity index (χ3v) is 3.37. The summed E-state index contributed by atoms with van der Waals surface area (Å²) in [7, 11) is 0. The van der Waals surface area contributed by atoms with Crippen molar-refractivity contribution >= 4 is 28.7 Å². The van der Waals surface area contributed by atoms with Crippen LogP contribution in [0.3, 0.4) is 0 Å². The number of thiazole rings is 1. The minimum Gasteiger partial charge on any atom is -0.379 e. The maximum absolute atomic E-state index is 11.8. The minimum absolute atomic E-state index is 0.0333. The largest absolute Gasteiger partial charge is 0.379 e. The first-order chi connectivity index (χ1) is 9.74. The number of nitrogens with two attached hydrogens (primary N) is 1. The van der Waals surface area contributed by atoms with E-state index < -0.39 is 5.91 Å². The molecule has 1 aromatic carbocycles. The second kappa shape index (κ2) is 5.10. The molecule has 3 rings (SSSR count). The molecule has 0 saturated carbocycles. The molecule has 0 unspecified atom stereocenters. The Bertz CT molecular complexity index is 721. The lowest BCUT2D eigenvalue weighted by molar-refractivity contribution is 0.101. The Kier molecular flexibility index (Phi) is 3.13. The van der Waals surface area contributed by atoms with Crippen molar-refractivity contribution in [2.75, 3.05) is 11.1 Å². The van der Waals surface area contributed by atoms with Gasteiger partial charge in [0, 0.05) is 22.8 Å². The fourth-order valence-electron chi connectivity index (χ4n) is 1.61. The molecule has 0 aliphatic carbocycles. The summed E-state index contributed by atoms with van der Waals surface area (Å²) in [4.78, 5) is 16.1. The predicted octanol–water partition coefficient (Wildman–Crippen LogP) is 2.03. The summed E-state index contributed by atoms with van der Waals surface area (Å²) in [5, 5.41) is 12.3. The van der Waals surface area contributed by atoms with Gasteiger partial charge in [0.25, 0.3) is 5.91 Å². The average molecular weight is 287 g/mol. The molecule has 0 radical (unpaired) electrons. The molecule has 7 nitrogen and oxygen atoms in total. The number of anilines is 2. The van der Waals surface area contributed by atoms with Crippen molar-refractivity contribution in [3.05, 3.63) is 41.5 Å². The van der Waals surface area contributed by atoms with E-state index in [9.17, 15) is 4.79 Å². The highest BCUT2D eigenvalue weighted by Gasteiger charge is 2.15. The first-order valence-corrected chi connectivity index (χ1v) is 6.51. The summed E-state index contributed by atoms with van der Waals surface area (Å²) >= 11 is 1.55. The van der Waals surface area contributed by atoms with Gasteiger partial charge in [0.1, 0.15) is 5.01 Å². The van der Waals surface area contributed by atoms with Crippen molar-refractivity contribution in [1.29, 1.82) is 0 Å². The van der Waals surface area contributed by atoms with Gasteiger partial charge in [-0.15, -0.1) is 11.3 Å². The number of aromatic nitrogens is 3. The lowest BCUT2D eigenvalue weighted by Crippen LogP contribution is -2.14. The minimum atomic E-state index is -0.467. The number of carbonyl (C=O) groups excluding carboxylic acids is 1. The van der Waals surface area contributed by atoms with Crippen LogP contribution in [0.4, 0.5) is 11.5 Å². The van der Waals surface area contributed by atoms with E-state index in [1.807, 2.05) is 17.5 Å². The molecule has 0 bridgehead atoms. The Labute approximate surface area is 117 Å². The molecule has 3 aromatic rings. The van der Waals surface area contributed by atoms with Gasteiger partial charge >= 0.3 is 0 Å². The van der Waals surface area contributed by atoms with Crippen molar-refractivity contribution in [1.82, 2.24) is 15.3 Å². The molecular weight excluding hydrogens is 278 g/mol. The van der Waals surface area contributed by atoms with Gasteiger partial charge in [-0.25, -0.2) is 9.61 Å². The van der Waals surface area contributed by atoms with Crippen LogP contribution in [-0.2, 0) is 0 Å². The Morgan fingerprint density at radius 3 is 2.65 bits per heavy atom. The van der Waals surface area contributed by atoms with Crippen LogP contribution in [-0.4, -0.2) is 21.2 Å². The van der Waals surface area contributed by atoms with Gasteiger partial charge in [-0.05, 0) is 34.6 Å². The molecule has 8 heteroatoms. The summed E-state index contributed by atoms with van der Waals surface area (Å²) in [5.74, 6) is -0.507. The lowest BCUT2D eigenvalue weighted by atomic mass is 10.2. The second-order valence-electron chi connectivity index (χ2n) is 3.87. The molecule has 20 heavy (non-hydrogen) atoms. The van der Waals surface area contributed by atoms with Gasteiger partial charge in [0.15, 0.2) is 0 Å².